The van der Waals surface area contributed by atoms with Crippen molar-refractivity contribution in [1.29, 1.82) is 0 Å². The third-order valence-electron chi connectivity index (χ3n) is 5.52. The molecule has 1 saturated carbocycles. The quantitative estimate of drug-likeness (QED) is 0.868. The predicted octanol–water partition coefficient (Wildman–Crippen LogP) is 2.62. The summed E-state index contributed by atoms with van der Waals surface area (Å²) in [4.78, 5) is 29.5. The van der Waals surface area contributed by atoms with E-state index >= 15 is 0 Å². The van der Waals surface area contributed by atoms with Gasteiger partial charge in [0.1, 0.15) is 5.75 Å². The number of rotatable bonds is 5. The number of methoxy groups -OCH3 is 1. The van der Waals surface area contributed by atoms with Crippen LogP contribution in [-0.4, -0.2) is 50.0 Å². The van der Waals surface area contributed by atoms with E-state index in [2.05, 4.69) is 22.3 Å². The Bertz CT molecular complexity index is 847. The van der Waals surface area contributed by atoms with E-state index < -0.39 is 0 Å². The van der Waals surface area contributed by atoms with Crippen molar-refractivity contribution in [3.8, 4) is 5.75 Å². The number of nitrogens with zero attached hydrogens (tertiary/aromatic N) is 2. The van der Waals surface area contributed by atoms with Gasteiger partial charge in [-0.25, -0.2) is 0 Å². The van der Waals surface area contributed by atoms with Crippen molar-refractivity contribution in [2.24, 2.45) is 11.8 Å². The molecule has 6 nitrogen and oxygen atoms in total. The molecule has 6 heteroatoms. The highest BCUT2D eigenvalue weighted by molar-refractivity contribution is 6.00. The van der Waals surface area contributed by atoms with E-state index in [0.29, 0.717) is 30.9 Å². The zero-order chi connectivity index (χ0) is 19.5. The summed E-state index contributed by atoms with van der Waals surface area (Å²) in [6.45, 7) is 3.04. The van der Waals surface area contributed by atoms with Crippen LogP contribution in [0.5, 0.6) is 5.75 Å². The number of benzene rings is 2. The molecule has 2 atom stereocenters. The molecule has 0 bridgehead atoms. The Kier molecular flexibility index (Phi) is 5.19. The van der Waals surface area contributed by atoms with Crippen LogP contribution < -0.4 is 15.0 Å². The molecule has 2 aliphatic rings. The summed E-state index contributed by atoms with van der Waals surface area (Å²) in [7, 11) is 1.57. The van der Waals surface area contributed by atoms with E-state index in [9.17, 15) is 9.59 Å². The smallest absolute Gasteiger partial charge is 0.228 e. The molecule has 2 fully saturated rings. The Morgan fingerprint density at radius 2 is 1.61 bits per heavy atom. The van der Waals surface area contributed by atoms with Gasteiger partial charge in [-0.05, 0) is 30.7 Å². The summed E-state index contributed by atoms with van der Waals surface area (Å²) < 4.78 is 5.27. The second-order valence-electron chi connectivity index (χ2n) is 7.29. The van der Waals surface area contributed by atoms with Crippen LogP contribution in [-0.2, 0) is 9.59 Å². The maximum atomic E-state index is 12.8. The summed E-state index contributed by atoms with van der Waals surface area (Å²) in [6.07, 6.45) is 0.624. The molecular weight excluding hydrogens is 354 g/mol. The van der Waals surface area contributed by atoms with Gasteiger partial charge in [0.15, 0.2) is 0 Å². The fourth-order valence-corrected chi connectivity index (χ4v) is 3.79. The Labute approximate surface area is 165 Å². The Morgan fingerprint density at radius 1 is 0.929 bits per heavy atom. The summed E-state index contributed by atoms with van der Waals surface area (Å²) in [6, 6.07) is 17.6. The molecule has 4 rings (SSSR count). The Hall–Kier alpha value is -3.02. The van der Waals surface area contributed by atoms with Crippen molar-refractivity contribution in [1.82, 2.24) is 4.90 Å². The van der Waals surface area contributed by atoms with Gasteiger partial charge in [-0.1, -0.05) is 30.3 Å². The van der Waals surface area contributed by atoms with Gasteiger partial charge in [0.2, 0.25) is 11.8 Å². The fourth-order valence-electron chi connectivity index (χ4n) is 3.79. The molecule has 2 aromatic carbocycles. The molecule has 2 amide bonds. The normalized spacial score (nSPS) is 21.2. The molecule has 0 spiro atoms. The predicted molar refractivity (Wildman–Crippen MR) is 108 cm³/mol. The highest BCUT2D eigenvalue weighted by Gasteiger charge is 2.49. The Morgan fingerprint density at radius 3 is 2.32 bits per heavy atom. The number of hydrogen-bond donors (Lipinski definition) is 1. The molecule has 146 valence electrons. The lowest BCUT2D eigenvalue weighted by atomic mass is 10.2. The number of hydrogen-bond acceptors (Lipinski definition) is 4. The molecule has 1 N–H and O–H groups in total. The number of piperazine rings is 1. The van der Waals surface area contributed by atoms with E-state index in [1.165, 1.54) is 5.69 Å². The van der Waals surface area contributed by atoms with Crippen LogP contribution in [0.25, 0.3) is 0 Å². The minimum Gasteiger partial charge on any atom is -0.495 e. The van der Waals surface area contributed by atoms with Gasteiger partial charge in [-0.15, -0.1) is 0 Å². The molecule has 28 heavy (non-hydrogen) atoms. The highest BCUT2D eigenvalue weighted by Crippen LogP contribution is 2.41. The largest absolute Gasteiger partial charge is 0.495 e. The number of ether oxygens (including phenoxy) is 1. The number of amides is 2. The SMILES string of the molecule is COc1ccccc1NC(=O)C1CC1C(=O)N1CCN(c2ccccc2)CC1. The lowest BCUT2D eigenvalue weighted by molar-refractivity contribution is -0.134. The average molecular weight is 379 g/mol. The standard InChI is InChI=1S/C22H25N3O3/c1-28-20-10-6-5-9-19(20)23-21(26)17-15-18(17)22(27)25-13-11-24(12-14-25)16-7-3-2-4-8-16/h2-10,17-18H,11-15H2,1H3,(H,23,26). The van der Waals surface area contributed by atoms with Gasteiger partial charge >= 0.3 is 0 Å². The molecule has 1 heterocycles. The zero-order valence-electron chi connectivity index (χ0n) is 16.0. The summed E-state index contributed by atoms with van der Waals surface area (Å²) in [5, 5.41) is 2.90. The highest BCUT2D eigenvalue weighted by atomic mass is 16.5. The number of nitrogens with one attached hydrogen (secondary N) is 1. The average Bonchev–Trinajstić information content (AvgIpc) is 3.55. The topological polar surface area (TPSA) is 61.9 Å². The van der Waals surface area contributed by atoms with Crippen LogP contribution in [0.4, 0.5) is 11.4 Å². The van der Waals surface area contributed by atoms with Crippen LogP contribution in [0.1, 0.15) is 6.42 Å². The van der Waals surface area contributed by atoms with E-state index in [-0.39, 0.29) is 23.7 Å². The van der Waals surface area contributed by atoms with Crippen molar-refractivity contribution in [2.45, 2.75) is 6.42 Å². The number of para-hydroxylation sites is 3. The van der Waals surface area contributed by atoms with Gasteiger partial charge in [-0.3, -0.25) is 9.59 Å². The van der Waals surface area contributed by atoms with Gasteiger partial charge in [0.05, 0.1) is 24.6 Å². The van der Waals surface area contributed by atoms with Crippen molar-refractivity contribution >= 4 is 23.2 Å². The minimum atomic E-state index is -0.246. The second kappa shape index (κ2) is 7.92. The second-order valence-corrected chi connectivity index (χ2v) is 7.29. The third-order valence-corrected chi connectivity index (χ3v) is 5.52. The number of anilines is 2. The van der Waals surface area contributed by atoms with Crippen LogP contribution in [0.2, 0.25) is 0 Å². The first-order chi connectivity index (χ1) is 13.7. The van der Waals surface area contributed by atoms with E-state index in [0.717, 1.165) is 13.1 Å². The first-order valence-electron chi connectivity index (χ1n) is 9.70. The first kappa shape index (κ1) is 18.3. The fraction of sp³-hybridized carbons (Fsp3) is 0.364. The van der Waals surface area contributed by atoms with Crippen molar-refractivity contribution in [2.75, 3.05) is 43.5 Å². The minimum absolute atomic E-state index is 0.105. The molecule has 2 unspecified atom stereocenters. The van der Waals surface area contributed by atoms with Crippen molar-refractivity contribution in [3.05, 3.63) is 54.6 Å². The lowest BCUT2D eigenvalue weighted by Crippen LogP contribution is -2.49. The van der Waals surface area contributed by atoms with Crippen LogP contribution >= 0.6 is 0 Å². The van der Waals surface area contributed by atoms with Crippen molar-refractivity contribution in [3.63, 3.8) is 0 Å². The maximum Gasteiger partial charge on any atom is 0.228 e. The van der Waals surface area contributed by atoms with Gasteiger partial charge < -0.3 is 19.9 Å². The monoisotopic (exact) mass is 379 g/mol. The van der Waals surface area contributed by atoms with Crippen molar-refractivity contribution < 1.29 is 14.3 Å². The lowest BCUT2D eigenvalue weighted by Gasteiger charge is -2.36. The molecule has 1 saturated heterocycles. The van der Waals surface area contributed by atoms with Crippen LogP contribution in [0.3, 0.4) is 0 Å². The molecule has 0 radical (unpaired) electrons. The summed E-state index contributed by atoms with van der Waals surface area (Å²) >= 11 is 0. The van der Waals surface area contributed by atoms with Gasteiger partial charge in [-0.2, -0.15) is 0 Å². The van der Waals surface area contributed by atoms with E-state index in [1.54, 1.807) is 19.2 Å². The molecule has 1 aliphatic heterocycles. The van der Waals surface area contributed by atoms with Crippen LogP contribution in [0.15, 0.2) is 54.6 Å². The van der Waals surface area contributed by atoms with Gasteiger partial charge in [0, 0.05) is 31.9 Å². The van der Waals surface area contributed by atoms with Gasteiger partial charge in [0.25, 0.3) is 0 Å². The molecule has 0 aromatic heterocycles. The number of carbonyl (C=O) groups excluding carboxylic acids is 2. The van der Waals surface area contributed by atoms with Crippen LogP contribution in [0, 0.1) is 11.8 Å². The maximum absolute atomic E-state index is 12.8. The molecular formula is C22H25N3O3. The number of carbonyl (C=O) groups is 2. The zero-order valence-corrected chi connectivity index (χ0v) is 16.0. The Balaban J connectivity index is 1.29. The molecule has 2 aromatic rings. The molecule has 1 aliphatic carbocycles. The summed E-state index contributed by atoms with van der Waals surface area (Å²) in [5.74, 6) is 0.178. The van der Waals surface area contributed by atoms with E-state index in [1.807, 2.05) is 35.2 Å². The summed E-state index contributed by atoms with van der Waals surface area (Å²) in [5.41, 5.74) is 1.83. The first-order valence-corrected chi connectivity index (χ1v) is 9.70. The third kappa shape index (κ3) is 3.81. The van der Waals surface area contributed by atoms with E-state index in [4.69, 9.17) is 4.74 Å².